The van der Waals surface area contributed by atoms with Gasteiger partial charge in [-0.3, -0.25) is 13.9 Å². The number of rotatable bonds is 12. The Morgan fingerprint density at radius 1 is 1.05 bits per heavy atom. The molecule has 2 aromatic carbocycles. The van der Waals surface area contributed by atoms with E-state index in [4.69, 9.17) is 23.2 Å². The molecule has 2 aromatic rings. The zero-order valence-electron chi connectivity index (χ0n) is 23.9. The van der Waals surface area contributed by atoms with E-state index >= 15 is 0 Å². The summed E-state index contributed by atoms with van der Waals surface area (Å²) in [5.74, 6) is -0.373. The van der Waals surface area contributed by atoms with Gasteiger partial charge in [0.15, 0.2) is 0 Å². The van der Waals surface area contributed by atoms with Crippen LogP contribution >= 0.6 is 23.2 Å². The third kappa shape index (κ3) is 8.60. The second-order valence-corrected chi connectivity index (χ2v) is 13.4. The van der Waals surface area contributed by atoms with Gasteiger partial charge in [-0.2, -0.15) is 0 Å². The molecule has 2 amide bonds. The van der Waals surface area contributed by atoms with Gasteiger partial charge in [0.2, 0.25) is 21.8 Å². The number of benzene rings is 2. The van der Waals surface area contributed by atoms with Crippen molar-refractivity contribution in [3.8, 4) is 0 Å². The van der Waals surface area contributed by atoms with Crippen molar-refractivity contribution >= 4 is 50.7 Å². The number of nitrogens with zero attached hydrogens (tertiary/aromatic N) is 2. The van der Waals surface area contributed by atoms with Crippen molar-refractivity contribution in [1.29, 1.82) is 0 Å². The lowest BCUT2D eigenvalue weighted by atomic mass is 9.95. The number of amides is 2. The number of hydrogen-bond donors (Lipinski definition) is 1. The molecule has 0 aliphatic heterocycles. The fourth-order valence-electron chi connectivity index (χ4n) is 5.29. The molecule has 0 bridgehead atoms. The van der Waals surface area contributed by atoms with Crippen LogP contribution in [-0.4, -0.2) is 50.0 Å². The van der Waals surface area contributed by atoms with E-state index < -0.39 is 16.1 Å². The van der Waals surface area contributed by atoms with E-state index in [0.717, 1.165) is 42.4 Å². The number of carbonyl (C=O) groups is 2. The largest absolute Gasteiger partial charge is 0.352 e. The molecular weight excluding hydrogens is 569 g/mol. The zero-order chi connectivity index (χ0) is 29.4. The maximum absolute atomic E-state index is 13.7. The van der Waals surface area contributed by atoms with Gasteiger partial charge in [0, 0.05) is 25.6 Å². The third-order valence-electron chi connectivity index (χ3n) is 7.67. The summed E-state index contributed by atoms with van der Waals surface area (Å²) in [6.45, 7) is 6.07. The second kappa shape index (κ2) is 14.6. The van der Waals surface area contributed by atoms with E-state index in [1.807, 2.05) is 32.9 Å². The Morgan fingerprint density at radius 2 is 1.75 bits per heavy atom. The van der Waals surface area contributed by atoms with Crippen LogP contribution in [0.4, 0.5) is 5.69 Å². The lowest BCUT2D eigenvalue weighted by Gasteiger charge is -2.33. The lowest BCUT2D eigenvalue weighted by Crippen LogP contribution is -2.51. The molecule has 0 unspecified atom stereocenters. The summed E-state index contributed by atoms with van der Waals surface area (Å²) in [4.78, 5) is 28.7. The van der Waals surface area contributed by atoms with E-state index in [1.54, 1.807) is 29.2 Å². The molecule has 220 valence electrons. The van der Waals surface area contributed by atoms with E-state index in [1.165, 1.54) is 17.0 Å². The Hall–Kier alpha value is -2.29. The van der Waals surface area contributed by atoms with Crippen molar-refractivity contribution in [1.82, 2.24) is 10.2 Å². The number of hydrogen-bond acceptors (Lipinski definition) is 4. The fourth-order valence-corrected chi connectivity index (χ4v) is 6.62. The second-order valence-electron chi connectivity index (χ2n) is 10.7. The maximum atomic E-state index is 13.7. The number of sulfonamides is 1. The Bertz CT molecular complexity index is 1300. The summed E-state index contributed by atoms with van der Waals surface area (Å²) in [6.07, 6.45) is 7.27. The fraction of sp³-hybridized carbons (Fsp3) is 0.533. The van der Waals surface area contributed by atoms with Gasteiger partial charge in [-0.25, -0.2) is 8.42 Å². The van der Waals surface area contributed by atoms with Crippen LogP contribution in [0.2, 0.25) is 10.0 Å². The Balaban J connectivity index is 1.80. The van der Waals surface area contributed by atoms with Gasteiger partial charge >= 0.3 is 0 Å². The molecule has 0 radical (unpaired) electrons. The molecule has 1 aliphatic rings. The van der Waals surface area contributed by atoms with Crippen LogP contribution in [0.5, 0.6) is 0 Å². The Labute approximate surface area is 249 Å². The minimum Gasteiger partial charge on any atom is -0.352 e. The predicted molar refractivity (Wildman–Crippen MR) is 163 cm³/mol. The number of nitrogens with one attached hydrogen (secondary N) is 1. The first-order chi connectivity index (χ1) is 18.9. The molecular formula is C30H41Cl2N3O4S. The summed E-state index contributed by atoms with van der Waals surface area (Å²) >= 11 is 12.4. The Kier molecular flexibility index (Phi) is 11.7. The minimum atomic E-state index is -3.57. The molecule has 0 saturated heterocycles. The highest BCUT2D eigenvalue weighted by Crippen LogP contribution is 2.27. The van der Waals surface area contributed by atoms with E-state index in [2.05, 4.69) is 5.32 Å². The van der Waals surface area contributed by atoms with E-state index in [0.29, 0.717) is 28.6 Å². The molecule has 7 nitrogen and oxygen atoms in total. The SMILES string of the molecule is CC[C@@H](C(=O)NC1CCCCC1)N(Cc1ccc(Cl)c(Cl)c1)C(=O)CCCN(c1cccc(C)c1C)S(C)(=O)=O. The molecule has 10 heteroatoms. The number of anilines is 1. The third-order valence-corrected chi connectivity index (χ3v) is 9.59. The van der Waals surface area contributed by atoms with Crippen LogP contribution < -0.4 is 9.62 Å². The van der Waals surface area contributed by atoms with Gasteiger partial charge in [-0.15, -0.1) is 0 Å². The highest BCUT2D eigenvalue weighted by Gasteiger charge is 2.30. The van der Waals surface area contributed by atoms with Gasteiger partial charge in [0.1, 0.15) is 6.04 Å². The topological polar surface area (TPSA) is 86.8 Å². The molecule has 0 heterocycles. The van der Waals surface area contributed by atoms with E-state index in [9.17, 15) is 18.0 Å². The van der Waals surface area contributed by atoms with E-state index in [-0.39, 0.29) is 37.4 Å². The van der Waals surface area contributed by atoms with Gasteiger partial charge in [-0.1, -0.05) is 67.6 Å². The van der Waals surface area contributed by atoms with Crippen LogP contribution in [0, 0.1) is 13.8 Å². The molecule has 3 rings (SSSR count). The van der Waals surface area contributed by atoms with Crippen molar-refractivity contribution in [2.24, 2.45) is 0 Å². The predicted octanol–water partition coefficient (Wildman–Crippen LogP) is 6.41. The molecule has 1 aliphatic carbocycles. The Morgan fingerprint density at radius 3 is 2.38 bits per heavy atom. The summed E-state index contributed by atoms with van der Waals surface area (Å²) in [5.41, 5.74) is 3.25. The highest BCUT2D eigenvalue weighted by molar-refractivity contribution is 7.92. The molecule has 1 fully saturated rings. The van der Waals surface area contributed by atoms with Crippen LogP contribution in [-0.2, 0) is 26.2 Å². The summed E-state index contributed by atoms with van der Waals surface area (Å²) < 4.78 is 26.7. The van der Waals surface area contributed by atoms with Crippen molar-refractivity contribution in [2.75, 3.05) is 17.1 Å². The average Bonchev–Trinajstić information content (AvgIpc) is 2.90. The smallest absolute Gasteiger partial charge is 0.243 e. The molecule has 1 atom stereocenters. The van der Waals surface area contributed by atoms with Gasteiger partial charge < -0.3 is 10.2 Å². The van der Waals surface area contributed by atoms with Crippen LogP contribution in [0.25, 0.3) is 0 Å². The van der Waals surface area contributed by atoms with Crippen LogP contribution in [0.15, 0.2) is 36.4 Å². The molecule has 0 spiro atoms. The number of halogens is 2. The summed E-state index contributed by atoms with van der Waals surface area (Å²) in [7, 11) is -3.57. The molecule has 40 heavy (non-hydrogen) atoms. The maximum Gasteiger partial charge on any atom is 0.243 e. The van der Waals surface area contributed by atoms with Gasteiger partial charge in [0.25, 0.3) is 0 Å². The molecule has 0 aromatic heterocycles. The number of aryl methyl sites for hydroxylation is 1. The van der Waals surface area contributed by atoms with Gasteiger partial charge in [-0.05, 0) is 74.4 Å². The first kappa shape index (κ1) is 32.2. The molecule has 1 N–H and O–H groups in total. The average molecular weight is 611 g/mol. The summed E-state index contributed by atoms with van der Waals surface area (Å²) in [6, 6.07) is 10.2. The normalized spacial score (nSPS) is 14.9. The summed E-state index contributed by atoms with van der Waals surface area (Å²) in [5, 5.41) is 3.96. The first-order valence-electron chi connectivity index (χ1n) is 14.0. The first-order valence-corrected chi connectivity index (χ1v) is 16.6. The van der Waals surface area contributed by atoms with Crippen LogP contribution in [0.3, 0.4) is 0 Å². The van der Waals surface area contributed by atoms with Crippen LogP contribution in [0.1, 0.15) is 75.0 Å². The zero-order valence-corrected chi connectivity index (χ0v) is 26.2. The van der Waals surface area contributed by atoms with Crippen molar-refractivity contribution in [3.05, 3.63) is 63.1 Å². The number of carbonyl (C=O) groups excluding carboxylic acids is 2. The van der Waals surface area contributed by atoms with Crippen molar-refractivity contribution in [3.63, 3.8) is 0 Å². The lowest BCUT2D eigenvalue weighted by molar-refractivity contribution is -0.141. The van der Waals surface area contributed by atoms with Crippen molar-refractivity contribution < 1.29 is 18.0 Å². The monoisotopic (exact) mass is 609 g/mol. The quantitative estimate of drug-likeness (QED) is 0.301. The standard InChI is InChI=1S/C30H41Cl2N3O4S/c1-5-27(30(37)33-24-12-7-6-8-13-24)34(20-23-16-17-25(31)26(32)19-23)29(36)15-10-18-35(40(4,38)39)28-14-9-11-21(2)22(28)3/h9,11,14,16-17,19,24,27H,5-8,10,12-13,15,18,20H2,1-4H3,(H,33,37)/t27-/m0/s1. The van der Waals surface area contributed by atoms with Crippen molar-refractivity contribution in [2.45, 2.75) is 90.8 Å². The molecule has 1 saturated carbocycles. The van der Waals surface area contributed by atoms with Gasteiger partial charge in [0.05, 0.1) is 22.0 Å². The minimum absolute atomic E-state index is 0.0887. The highest BCUT2D eigenvalue weighted by atomic mass is 35.5.